The lowest BCUT2D eigenvalue weighted by atomic mass is 9.44. The van der Waals surface area contributed by atoms with Gasteiger partial charge in [0.1, 0.15) is 0 Å². The Kier molecular flexibility index (Phi) is 6.91. The summed E-state index contributed by atoms with van der Waals surface area (Å²) in [6.07, 6.45) is 8.57. The number of hydrogen-bond acceptors (Lipinski definition) is 3. The molecule has 0 saturated heterocycles. The fourth-order valence-electron chi connectivity index (χ4n) is 5.03. The third kappa shape index (κ3) is 5.12. The molecule has 0 aliphatic heterocycles. The number of carbonyl (C=O) groups is 1. The molecular formula is C22H30BrNO4S. The second-order valence-corrected chi connectivity index (χ2v) is 11.6. The maximum absolute atomic E-state index is 12.9. The Balaban J connectivity index is 1.68. The van der Waals surface area contributed by atoms with Crippen molar-refractivity contribution in [2.75, 3.05) is 0 Å². The van der Waals surface area contributed by atoms with Gasteiger partial charge in [-0.15, -0.1) is 0 Å². The number of carboxylic acid groups (broad SMARTS) is 1. The van der Waals surface area contributed by atoms with Gasteiger partial charge in [-0.2, -0.15) is 0 Å². The van der Waals surface area contributed by atoms with E-state index < -0.39 is 16.0 Å². The number of sulfonamides is 1. The van der Waals surface area contributed by atoms with Gasteiger partial charge in [-0.05, 0) is 79.5 Å². The molecule has 0 radical (unpaired) electrons. The summed E-state index contributed by atoms with van der Waals surface area (Å²) in [5.41, 5.74) is 0.251. The minimum atomic E-state index is -3.56. The maximum Gasteiger partial charge on any atom is 0.303 e. The number of nitrogens with one attached hydrogen (secondary N) is 1. The number of hydrogen-bond donors (Lipinski definition) is 2. The van der Waals surface area contributed by atoms with Gasteiger partial charge >= 0.3 is 5.97 Å². The van der Waals surface area contributed by atoms with Crippen LogP contribution in [0.3, 0.4) is 0 Å². The summed E-state index contributed by atoms with van der Waals surface area (Å²) in [4.78, 5) is 10.9. The molecule has 160 valence electrons. The van der Waals surface area contributed by atoms with Crippen molar-refractivity contribution in [2.24, 2.45) is 23.2 Å². The van der Waals surface area contributed by atoms with E-state index in [9.17, 15) is 13.2 Å². The van der Waals surface area contributed by atoms with Crippen molar-refractivity contribution in [3.63, 3.8) is 0 Å². The number of carboxylic acids is 1. The van der Waals surface area contributed by atoms with Crippen LogP contribution in [0.1, 0.15) is 52.4 Å². The van der Waals surface area contributed by atoms with Gasteiger partial charge in [-0.1, -0.05) is 41.9 Å². The van der Waals surface area contributed by atoms with Crippen molar-refractivity contribution < 1.29 is 18.3 Å². The van der Waals surface area contributed by atoms with Crippen LogP contribution >= 0.6 is 15.9 Å². The molecule has 3 aliphatic rings. The van der Waals surface area contributed by atoms with Crippen molar-refractivity contribution in [3.8, 4) is 0 Å². The van der Waals surface area contributed by atoms with Crippen molar-refractivity contribution >= 4 is 31.9 Å². The fourth-order valence-corrected chi connectivity index (χ4v) is 6.60. The van der Waals surface area contributed by atoms with E-state index >= 15 is 0 Å². The number of halogens is 1. The Labute approximate surface area is 182 Å². The Morgan fingerprint density at radius 2 is 1.93 bits per heavy atom. The first kappa shape index (κ1) is 22.5. The van der Waals surface area contributed by atoms with Gasteiger partial charge < -0.3 is 5.11 Å². The lowest BCUT2D eigenvalue weighted by Gasteiger charge is -2.62. The van der Waals surface area contributed by atoms with Crippen LogP contribution in [-0.4, -0.2) is 25.5 Å². The lowest BCUT2D eigenvalue weighted by Crippen LogP contribution is -2.61. The Morgan fingerprint density at radius 1 is 1.24 bits per heavy atom. The van der Waals surface area contributed by atoms with E-state index in [-0.39, 0.29) is 23.8 Å². The summed E-state index contributed by atoms with van der Waals surface area (Å²) in [7, 11) is -3.56. The van der Waals surface area contributed by atoms with Crippen molar-refractivity contribution in [1.82, 2.24) is 4.72 Å². The largest absolute Gasteiger partial charge is 0.481 e. The molecule has 0 unspecified atom stereocenters. The van der Waals surface area contributed by atoms with Gasteiger partial charge in [0, 0.05) is 16.9 Å². The molecular weight excluding hydrogens is 454 g/mol. The van der Waals surface area contributed by atoms with E-state index in [1.54, 1.807) is 24.3 Å². The SMILES string of the molecule is CC1(C)[C@H]2C[C@H](NS(=O)(=O)c3ccc(Br)cc3)[C@@H](CC=CCCCC(=O)O)[C@@H]1C2. The number of allylic oxidation sites excluding steroid dienone is 2. The van der Waals surface area contributed by atoms with Crippen molar-refractivity contribution in [1.29, 1.82) is 0 Å². The third-order valence-corrected chi connectivity index (χ3v) is 8.92. The van der Waals surface area contributed by atoms with E-state index in [1.807, 2.05) is 6.08 Å². The minimum absolute atomic E-state index is 0.0657. The Bertz CT molecular complexity index is 863. The predicted octanol–water partition coefficient (Wildman–Crippen LogP) is 4.98. The van der Waals surface area contributed by atoms with Crippen LogP contribution in [0.15, 0.2) is 45.8 Å². The molecule has 0 aromatic heterocycles. The van der Waals surface area contributed by atoms with Gasteiger partial charge in [-0.25, -0.2) is 13.1 Å². The molecule has 0 spiro atoms. The van der Waals surface area contributed by atoms with Crippen LogP contribution in [0.4, 0.5) is 0 Å². The molecule has 3 aliphatic carbocycles. The zero-order valence-electron chi connectivity index (χ0n) is 17.0. The van der Waals surface area contributed by atoms with Crippen molar-refractivity contribution in [2.45, 2.75) is 63.3 Å². The van der Waals surface area contributed by atoms with E-state index in [1.165, 1.54) is 6.42 Å². The lowest BCUT2D eigenvalue weighted by molar-refractivity contribution is -0.137. The number of aliphatic carboxylic acids is 1. The first-order chi connectivity index (χ1) is 13.6. The zero-order valence-corrected chi connectivity index (χ0v) is 19.4. The summed E-state index contributed by atoms with van der Waals surface area (Å²) < 4.78 is 29.7. The highest BCUT2D eigenvalue weighted by molar-refractivity contribution is 9.10. The van der Waals surface area contributed by atoms with Gasteiger partial charge in [0.2, 0.25) is 10.0 Å². The van der Waals surface area contributed by atoms with Crippen LogP contribution in [0, 0.1) is 23.2 Å². The number of rotatable bonds is 9. The van der Waals surface area contributed by atoms with Crippen molar-refractivity contribution in [3.05, 3.63) is 40.9 Å². The van der Waals surface area contributed by atoms with Gasteiger partial charge in [-0.3, -0.25) is 4.79 Å². The minimum Gasteiger partial charge on any atom is -0.481 e. The average molecular weight is 484 g/mol. The first-order valence-electron chi connectivity index (χ1n) is 10.3. The molecule has 0 amide bonds. The fraction of sp³-hybridized carbons (Fsp3) is 0.591. The zero-order chi connectivity index (χ0) is 21.2. The molecule has 1 aromatic carbocycles. The van der Waals surface area contributed by atoms with Gasteiger partial charge in [0.15, 0.2) is 0 Å². The molecule has 3 fully saturated rings. The monoisotopic (exact) mass is 483 g/mol. The highest BCUT2D eigenvalue weighted by Crippen LogP contribution is 2.62. The highest BCUT2D eigenvalue weighted by atomic mass is 79.9. The van der Waals surface area contributed by atoms with Crippen LogP contribution in [-0.2, 0) is 14.8 Å². The normalized spacial score (nSPS) is 28.2. The molecule has 2 bridgehead atoms. The van der Waals surface area contributed by atoms with E-state index in [0.29, 0.717) is 23.2 Å². The standard InChI is InChI=1S/C22H30BrNO4S/c1-22(2)15-13-19(22)18(7-5-3-4-6-8-21(25)26)20(14-15)24-29(27,28)17-11-9-16(23)10-12-17/h3,5,9-12,15,18-20,24H,4,6-8,13-14H2,1-2H3,(H,25,26)/t15-,18+,19+,20+/m1/s1. The molecule has 29 heavy (non-hydrogen) atoms. The maximum atomic E-state index is 12.9. The molecule has 4 atom stereocenters. The summed E-state index contributed by atoms with van der Waals surface area (Å²) in [5, 5.41) is 8.73. The molecule has 4 rings (SSSR count). The van der Waals surface area contributed by atoms with E-state index in [4.69, 9.17) is 5.11 Å². The van der Waals surface area contributed by atoms with Gasteiger partial charge in [0.05, 0.1) is 4.90 Å². The van der Waals surface area contributed by atoms with E-state index in [2.05, 4.69) is 40.6 Å². The number of unbranched alkanes of at least 4 members (excludes halogenated alkanes) is 1. The van der Waals surface area contributed by atoms with Crippen LogP contribution < -0.4 is 4.72 Å². The molecule has 2 N–H and O–H groups in total. The quantitative estimate of drug-likeness (QED) is 0.383. The summed E-state index contributed by atoms with van der Waals surface area (Å²) in [6, 6.07) is 6.67. The summed E-state index contributed by atoms with van der Waals surface area (Å²) >= 11 is 3.35. The summed E-state index contributed by atoms with van der Waals surface area (Å²) in [5.74, 6) is 0.551. The predicted molar refractivity (Wildman–Crippen MR) is 117 cm³/mol. The van der Waals surface area contributed by atoms with Crippen LogP contribution in [0.25, 0.3) is 0 Å². The molecule has 3 saturated carbocycles. The molecule has 1 aromatic rings. The Hall–Kier alpha value is -1.18. The number of benzene rings is 1. The molecule has 7 heteroatoms. The first-order valence-corrected chi connectivity index (χ1v) is 12.5. The van der Waals surface area contributed by atoms with Crippen LogP contribution in [0.5, 0.6) is 0 Å². The smallest absolute Gasteiger partial charge is 0.303 e. The van der Waals surface area contributed by atoms with Crippen LogP contribution in [0.2, 0.25) is 0 Å². The summed E-state index contributed by atoms with van der Waals surface area (Å²) in [6.45, 7) is 4.60. The number of fused-ring (bicyclic) bond motifs is 2. The molecule has 5 nitrogen and oxygen atoms in total. The third-order valence-electron chi connectivity index (χ3n) is 6.89. The second kappa shape index (κ2) is 8.90. The van der Waals surface area contributed by atoms with E-state index in [0.717, 1.165) is 23.7 Å². The highest BCUT2D eigenvalue weighted by Gasteiger charge is 2.57. The topological polar surface area (TPSA) is 83.5 Å². The Morgan fingerprint density at radius 3 is 2.55 bits per heavy atom. The van der Waals surface area contributed by atoms with Gasteiger partial charge in [0.25, 0.3) is 0 Å². The average Bonchev–Trinajstić information content (AvgIpc) is 2.64. The molecule has 0 heterocycles. The second-order valence-electron chi connectivity index (χ2n) is 8.93.